The van der Waals surface area contributed by atoms with Crippen LogP contribution < -0.4 is 21.3 Å². The maximum atomic E-state index is 13.7. The summed E-state index contributed by atoms with van der Waals surface area (Å²) in [5, 5.41) is 112. The zero-order valence-corrected chi connectivity index (χ0v) is 79.4. The number of alkyl halides is 6. The number of imidazole rings is 4. The second kappa shape index (κ2) is 46.1. The summed E-state index contributed by atoms with van der Waals surface area (Å²) in [6.45, 7) is 8.96. The minimum atomic E-state index is -4.53. The maximum absolute atomic E-state index is 13.7. The van der Waals surface area contributed by atoms with E-state index in [0.717, 1.165) is 46.6 Å². The van der Waals surface area contributed by atoms with Crippen molar-refractivity contribution < 1.29 is 115 Å². The summed E-state index contributed by atoms with van der Waals surface area (Å²) in [4.78, 5) is 81.7. The molecule has 0 bridgehead atoms. The van der Waals surface area contributed by atoms with Crippen LogP contribution in [0.25, 0.3) is 90.1 Å². The molecule has 0 amide bonds. The second-order valence-electron chi connectivity index (χ2n) is 36.3. The first kappa shape index (κ1) is 106. The Kier molecular flexibility index (Phi) is 34.3. The lowest BCUT2D eigenvalue weighted by atomic mass is 10.0. The molecule has 2 saturated heterocycles. The van der Waals surface area contributed by atoms with Crippen molar-refractivity contribution >= 4 is 47.1 Å². The first-order valence-corrected chi connectivity index (χ1v) is 46.8. The van der Waals surface area contributed by atoms with Crippen LogP contribution >= 0.6 is 0 Å². The van der Waals surface area contributed by atoms with Crippen LogP contribution in [0.3, 0.4) is 0 Å². The topological polar surface area (TPSA) is 460 Å². The van der Waals surface area contributed by atoms with Gasteiger partial charge in [0, 0.05) is 161 Å². The summed E-state index contributed by atoms with van der Waals surface area (Å²) in [6, 6.07) is 36.8. The molecule has 12 aromatic rings. The molecule has 0 spiro atoms. The zero-order valence-electron chi connectivity index (χ0n) is 79.4. The smallest absolute Gasteiger partial charge is 0.416 e. The van der Waals surface area contributed by atoms with Gasteiger partial charge in [0.1, 0.15) is 81.6 Å². The van der Waals surface area contributed by atoms with Gasteiger partial charge in [0.2, 0.25) is 0 Å². The number of benzene rings is 4. The molecule has 14 N–H and O–H groups in total. The van der Waals surface area contributed by atoms with Crippen molar-refractivity contribution in [3.8, 4) is 90.1 Å². The fourth-order valence-electron chi connectivity index (χ4n) is 17.4. The molecule has 2 aliphatic heterocycles. The Balaban J connectivity index is 0.000000159. The van der Waals surface area contributed by atoms with Gasteiger partial charge in [-0.05, 0) is 173 Å². The lowest BCUT2D eigenvalue weighted by Gasteiger charge is -2.26. The number of nitrogens with zero attached hydrogens (tertiary/aromatic N) is 12. The Morgan fingerprint density at radius 3 is 1.04 bits per heavy atom. The maximum Gasteiger partial charge on any atom is 0.416 e. The third kappa shape index (κ3) is 26.8. The number of anilines is 4. The molecule has 2 saturated carbocycles. The second-order valence-corrected chi connectivity index (χ2v) is 36.3. The lowest BCUT2D eigenvalue weighted by Crippen LogP contribution is -2.33. The molecule has 756 valence electrons. The van der Waals surface area contributed by atoms with Crippen LogP contribution in [-0.2, 0) is 78.4 Å². The lowest BCUT2D eigenvalue weighted by molar-refractivity contribution is -0.161. The average molecular weight is 1970 g/mol. The van der Waals surface area contributed by atoms with E-state index in [1.165, 1.54) is 36.4 Å². The van der Waals surface area contributed by atoms with Gasteiger partial charge in [-0.15, -0.1) is 0 Å². The third-order valence-corrected chi connectivity index (χ3v) is 24.7. The first-order chi connectivity index (χ1) is 67.5. The number of aliphatic hydroxyl groups is 8. The first-order valence-electron chi connectivity index (χ1n) is 46.8. The molecule has 8 aromatic heterocycles. The molecule has 4 aromatic carbocycles. The number of cyclic esters (lactones) is 2. The minimum absolute atomic E-state index is 0.00734. The van der Waals surface area contributed by atoms with Crippen molar-refractivity contribution in [1.29, 1.82) is 0 Å². The van der Waals surface area contributed by atoms with Gasteiger partial charge in [-0.1, -0.05) is 52.0 Å². The summed E-state index contributed by atoms with van der Waals surface area (Å²) in [5.41, 5.74) is 6.05. The number of carbonyl (C=O) groups is 4. The van der Waals surface area contributed by atoms with Gasteiger partial charge in [0.25, 0.3) is 0 Å². The van der Waals surface area contributed by atoms with E-state index in [4.69, 9.17) is 39.6 Å². The van der Waals surface area contributed by atoms with Crippen molar-refractivity contribution in [2.45, 2.75) is 241 Å². The Hall–Kier alpha value is -13.5. The van der Waals surface area contributed by atoms with Crippen LogP contribution in [-0.4, -0.2) is 210 Å². The summed E-state index contributed by atoms with van der Waals surface area (Å²) in [6.07, 6.45) is -6.30. The van der Waals surface area contributed by atoms with E-state index in [1.54, 1.807) is 124 Å². The summed E-state index contributed by atoms with van der Waals surface area (Å²) in [7, 11) is 6.98. The number of hydrogen-bond donors (Lipinski definition) is 14. The molecular weight excluding hydrogens is 1860 g/mol. The Morgan fingerprint density at radius 2 is 0.732 bits per heavy atom. The largest absolute Gasteiger partial charge is 0.481 e. The molecule has 0 radical (unpaired) electrons. The van der Waals surface area contributed by atoms with Crippen LogP contribution in [0.1, 0.15) is 177 Å². The van der Waals surface area contributed by atoms with Crippen molar-refractivity contribution in [2.75, 3.05) is 49.5 Å². The molecule has 32 nitrogen and oxygen atoms in total. The van der Waals surface area contributed by atoms with Gasteiger partial charge in [0.05, 0.1) is 119 Å². The number of carboxylic acids is 2. The predicted octanol–water partition coefficient (Wildman–Crippen LogP) is 16.0. The number of carboxylic acid groups (broad SMARTS) is 2. The van der Waals surface area contributed by atoms with E-state index < -0.39 is 120 Å². The number of hydrogen-bond acceptors (Lipinski definition) is 26. The fraction of sp³-hybridized carbons (Fsp3) is 0.412. The molecule has 10 heterocycles. The highest BCUT2D eigenvalue weighted by molar-refractivity contribution is 5.85. The van der Waals surface area contributed by atoms with Gasteiger partial charge in [-0.2, -0.15) is 26.3 Å². The molecule has 0 unspecified atom stereocenters. The molecule has 142 heavy (non-hydrogen) atoms. The number of pyridine rings is 4. The number of aliphatic carboxylic acids is 2. The van der Waals surface area contributed by atoms with Gasteiger partial charge in [-0.3, -0.25) is 19.2 Å². The summed E-state index contributed by atoms with van der Waals surface area (Å²) >= 11 is 0. The van der Waals surface area contributed by atoms with Gasteiger partial charge >= 0.3 is 36.2 Å². The predicted molar refractivity (Wildman–Crippen MR) is 513 cm³/mol. The molecule has 4 aliphatic rings. The van der Waals surface area contributed by atoms with E-state index in [1.807, 2.05) is 59.6 Å². The summed E-state index contributed by atoms with van der Waals surface area (Å²) < 4.78 is 127. The van der Waals surface area contributed by atoms with Crippen LogP contribution in [0, 0.1) is 11.6 Å². The highest BCUT2D eigenvalue weighted by atomic mass is 19.4. The third-order valence-electron chi connectivity index (χ3n) is 24.7. The normalized spacial score (nSPS) is 17.2. The SMILES string of the molecule is CNc1cc(-c2nc(C(C)C)n(CC[C@@H](O)C[C@@H](O)CC(=O)O)c2-c2cccc(C(F)(F)F)c2)ccn1.CNc1cc(-c2nc(C(C)C)n(CC[C@@H]3C[C@@H](O)CC(=O)O3)c2-c2cccc(C(F)(F)F)c2)ccn1.CNc1cc(-c2nc(C3(O)CC3)n(CC[C@@H](O)C[C@@H](O)CC(=O)O)c2-c2ccc(F)cc2)ccn1.CNc1cc(-c2nc(C3(O)CC3)n(CC[C@@H]3C[C@@H](O)CC(=O)O3)c2-c2ccc(F)cc2)ccn1. The average Bonchev–Trinajstić information content (AvgIpc) is 1.59. The van der Waals surface area contributed by atoms with Gasteiger partial charge in [0.15, 0.2) is 0 Å². The number of rotatable bonds is 36. The number of aliphatic hydroxyl groups excluding tert-OH is 6. The number of ether oxygens (including phenoxy) is 2. The number of carbonyl (C=O) groups excluding carboxylic acids is 2. The molecular formula is C102H116F8N16O16. The van der Waals surface area contributed by atoms with Crippen molar-refractivity contribution in [3.63, 3.8) is 0 Å². The summed E-state index contributed by atoms with van der Waals surface area (Å²) in [5.74, 6) is 0.734. The molecule has 8 atom stereocenters. The Labute approximate surface area is 813 Å². The highest BCUT2D eigenvalue weighted by Gasteiger charge is 2.49. The fourth-order valence-corrected chi connectivity index (χ4v) is 17.4. The van der Waals surface area contributed by atoms with Crippen molar-refractivity contribution in [2.24, 2.45) is 0 Å². The molecule has 16 rings (SSSR count). The van der Waals surface area contributed by atoms with E-state index in [2.05, 4.69) is 41.2 Å². The van der Waals surface area contributed by atoms with Crippen LogP contribution in [0.5, 0.6) is 0 Å². The van der Waals surface area contributed by atoms with Gasteiger partial charge < -0.3 is 100 Å². The molecule has 40 heteroatoms. The van der Waals surface area contributed by atoms with Crippen molar-refractivity contribution in [3.05, 3.63) is 216 Å². The van der Waals surface area contributed by atoms with E-state index in [-0.39, 0.29) is 75.1 Å². The van der Waals surface area contributed by atoms with Crippen LogP contribution in [0.2, 0.25) is 0 Å². The van der Waals surface area contributed by atoms with E-state index >= 15 is 0 Å². The number of aromatic nitrogens is 12. The monoisotopic (exact) mass is 1970 g/mol. The minimum Gasteiger partial charge on any atom is -0.481 e. The number of nitrogens with one attached hydrogen (secondary N) is 4. The van der Waals surface area contributed by atoms with Gasteiger partial charge in [-0.25, -0.2) is 48.7 Å². The van der Waals surface area contributed by atoms with Crippen molar-refractivity contribution in [1.82, 2.24) is 58.1 Å². The van der Waals surface area contributed by atoms with Crippen LogP contribution in [0.15, 0.2) is 170 Å². The van der Waals surface area contributed by atoms with E-state index in [0.29, 0.717) is 179 Å². The number of halogens is 8. The quantitative estimate of drug-likeness (QED) is 0.0128. The standard InChI is InChI=1S/C26H31F3N4O4.C26H29F3N4O3.C25H29FN4O5.C25H27FN4O4/c1-15(2)25-32-23(16-7-9-31-21(12-16)30-3)24(17-5-4-6-18(11-17)26(27,28)29)33(25)10-8-19(34)13-20(35)14-22(36)37;1-15(2)25-32-23(16-7-9-31-21(12-16)30-3)24(17-5-4-6-18(11-17)26(27,28)29)33(25)10-8-20-13-19(34)14-22(35)36-20;1-27-20-12-16(6-10-28-20)22-23(15-2-4-17(26)5-3-15)30(24(29-22)25(35)8-9-25)11-7-18(31)13-19(32)14-21(33)34;1-27-20-12-16(6-10-28-20)22-23(15-2-4-17(26)5-3-15)30(24(29-22)25(33)8-9-25)11-7-19-13-18(31)14-21(32)34-19/h4-7,9,11-12,15,19-20,34-35H,8,10,13-14H2,1-3H3,(H,30,31)(H,36,37);4-7,9,11-12,15,19-20,34H,8,10,13-14H2,1-3H3,(H,30,31);2-6,10,12,18-19,31-32,35H,7-9,11,13-14H2,1H3,(H,27,28)(H,33,34);2-6,10,12,18-19,31,33H,7-9,11,13-14H2,1H3,(H,27,28)/t2*19-,20-;2*18-,19-/m1111/s1. The Morgan fingerprint density at radius 1 is 0.423 bits per heavy atom. The zero-order chi connectivity index (χ0) is 102. The van der Waals surface area contributed by atoms with Crippen LogP contribution in [0.4, 0.5) is 58.4 Å². The van der Waals surface area contributed by atoms with E-state index in [9.17, 15) is 95.2 Å². The molecule has 2 aliphatic carbocycles. The number of esters is 2. The highest BCUT2D eigenvalue weighted by Crippen LogP contribution is 2.51. The molecule has 4 fully saturated rings. The Bertz CT molecular complexity index is 6380.